The van der Waals surface area contributed by atoms with E-state index in [1.807, 2.05) is 60.8 Å². The van der Waals surface area contributed by atoms with Crippen LogP contribution in [0.2, 0.25) is 0 Å². The molecule has 22 heavy (non-hydrogen) atoms. The van der Waals surface area contributed by atoms with Gasteiger partial charge < -0.3 is 5.84 Å². The molecule has 2 N–H and O–H groups in total. The third kappa shape index (κ3) is 3.13. The molecule has 0 saturated carbocycles. The highest BCUT2D eigenvalue weighted by Gasteiger charge is 2.08. The van der Waals surface area contributed by atoms with Gasteiger partial charge in [0.25, 0.3) is 0 Å². The predicted octanol–water partition coefficient (Wildman–Crippen LogP) is 3.43. The van der Waals surface area contributed by atoms with Gasteiger partial charge in [-0.1, -0.05) is 54.2 Å². The fraction of sp³-hybridized carbons (Fsp3) is 0.0588. The van der Waals surface area contributed by atoms with Crippen LogP contribution in [0, 0.1) is 11.3 Å². The average Bonchev–Trinajstić information content (AvgIpc) is 2.95. The van der Waals surface area contributed by atoms with Gasteiger partial charge in [-0.2, -0.15) is 5.26 Å². The SMILES string of the molecule is N#Cc1ccc(CSc2nc(-c3ccccc3)cn2N)cc1. The van der Waals surface area contributed by atoms with Gasteiger partial charge in [0.05, 0.1) is 23.5 Å². The summed E-state index contributed by atoms with van der Waals surface area (Å²) in [5.74, 6) is 6.74. The molecule has 0 aliphatic rings. The summed E-state index contributed by atoms with van der Waals surface area (Å²) < 4.78 is 1.55. The summed E-state index contributed by atoms with van der Waals surface area (Å²) in [7, 11) is 0. The van der Waals surface area contributed by atoms with Crippen molar-refractivity contribution in [3.63, 3.8) is 0 Å². The Labute approximate surface area is 133 Å². The summed E-state index contributed by atoms with van der Waals surface area (Å²) in [6, 6.07) is 19.6. The molecule has 5 heteroatoms. The monoisotopic (exact) mass is 306 g/mol. The molecule has 0 bridgehead atoms. The van der Waals surface area contributed by atoms with Crippen molar-refractivity contribution in [1.29, 1.82) is 5.26 Å². The lowest BCUT2D eigenvalue weighted by atomic mass is 10.2. The largest absolute Gasteiger partial charge is 0.337 e. The van der Waals surface area contributed by atoms with Gasteiger partial charge in [-0.05, 0) is 17.7 Å². The maximum atomic E-state index is 8.80. The van der Waals surface area contributed by atoms with Crippen molar-refractivity contribution in [2.75, 3.05) is 5.84 Å². The van der Waals surface area contributed by atoms with Gasteiger partial charge >= 0.3 is 0 Å². The van der Waals surface area contributed by atoms with Crippen LogP contribution in [-0.4, -0.2) is 9.66 Å². The molecule has 1 heterocycles. The maximum absolute atomic E-state index is 8.80. The first-order chi connectivity index (χ1) is 10.8. The molecule has 4 nitrogen and oxygen atoms in total. The van der Waals surface area contributed by atoms with Gasteiger partial charge in [-0.25, -0.2) is 9.66 Å². The van der Waals surface area contributed by atoms with Gasteiger partial charge in [-0.3, -0.25) is 0 Å². The maximum Gasteiger partial charge on any atom is 0.187 e. The minimum atomic E-state index is 0.667. The van der Waals surface area contributed by atoms with E-state index in [0.29, 0.717) is 5.56 Å². The van der Waals surface area contributed by atoms with Crippen molar-refractivity contribution in [3.05, 3.63) is 71.9 Å². The summed E-state index contributed by atoms with van der Waals surface area (Å²) in [6.45, 7) is 0. The van der Waals surface area contributed by atoms with E-state index in [-0.39, 0.29) is 0 Å². The third-order valence-corrected chi connectivity index (χ3v) is 4.26. The van der Waals surface area contributed by atoms with E-state index in [4.69, 9.17) is 11.1 Å². The molecule has 0 amide bonds. The van der Waals surface area contributed by atoms with E-state index in [1.165, 1.54) is 0 Å². The number of hydrogen-bond donors (Lipinski definition) is 1. The summed E-state index contributed by atoms with van der Waals surface area (Å²) in [5.41, 5.74) is 3.71. The normalized spacial score (nSPS) is 10.3. The second kappa shape index (κ2) is 6.37. The third-order valence-electron chi connectivity index (χ3n) is 3.22. The molecule has 3 aromatic rings. The smallest absolute Gasteiger partial charge is 0.187 e. The Kier molecular flexibility index (Phi) is 4.12. The fourth-order valence-electron chi connectivity index (χ4n) is 2.05. The van der Waals surface area contributed by atoms with Crippen molar-refractivity contribution >= 4 is 11.8 Å². The van der Waals surface area contributed by atoms with Crippen molar-refractivity contribution < 1.29 is 0 Å². The van der Waals surface area contributed by atoms with E-state index in [1.54, 1.807) is 16.4 Å². The van der Waals surface area contributed by atoms with Gasteiger partial charge in [0.2, 0.25) is 0 Å². The molecule has 0 unspecified atom stereocenters. The van der Waals surface area contributed by atoms with Gasteiger partial charge in [0.1, 0.15) is 0 Å². The summed E-state index contributed by atoms with van der Waals surface area (Å²) >= 11 is 1.57. The quantitative estimate of drug-likeness (QED) is 0.592. The Morgan fingerprint density at radius 2 is 1.82 bits per heavy atom. The Balaban J connectivity index is 1.73. The average molecular weight is 306 g/mol. The Hall–Kier alpha value is -2.71. The number of benzene rings is 2. The Morgan fingerprint density at radius 1 is 1.09 bits per heavy atom. The van der Waals surface area contributed by atoms with Crippen LogP contribution in [0.3, 0.4) is 0 Å². The summed E-state index contributed by atoms with van der Waals surface area (Å²) in [6.07, 6.45) is 1.83. The number of hydrogen-bond acceptors (Lipinski definition) is 4. The first kappa shape index (κ1) is 14.2. The van der Waals surface area contributed by atoms with Crippen LogP contribution in [0.1, 0.15) is 11.1 Å². The number of rotatable bonds is 4. The lowest BCUT2D eigenvalue weighted by molar-refractivity contribution is 0.851. The Bertz CT molecular complexity index is 801. The second-order valence-corrected chi connectivity index (χ2v) is 5.72. The zero-order chi connectivity index (χ0) is 15.4. The molecule has 0 fully saturated rings. The number of nitrogens with zero attached hydrogens (tertiary/aromatic N) is 3. The molecule has 108 valence electrons. The highest BCUT2D eigenvalue weighted by Crippen LogP contribution is 2.25. The number of aromatic nitrogens is 2. The highest BCUT2D eigenvalue weighted by molar-refractivity contribution is 7.98. The van der Waals surface area contributed by atoms with Crippen LogP contribution in [0.4, 0.5) is 0 Å². The lowest BCUT2D eigenvalue weighted by Gasteiger charge is -2.01. The molecule has 2 aromatic carbocycles. The topological polar surface area (TPSA) is 67.6 Å². The van der Waals surface area contributed by atoms with Crippen LogP contribution in [0.5, 0.6) is 0 Å². The van der Waals surface area contributed by atoms with Crippen molar-refractivity contribution in [1.82, 2.24) is 9.66 Å². The fourth-order valence-corrected chi connectivity index (χ4v) is 2.91. The zero-order valence-corrected chi connectivity index (χ0v) is 12.6. The van der Waals surface area contributed by atoms with E-state index < -0.39 is 0 Å². The van der Waals surface area contributed by atoms with Crippen LogP contribution in [0.25, 0.3) is 11.3 Å². The first-order valence-electron chi connectivity index (χ1n) is 6.78. The summed E-state index contributed by atoms with van der Waals surface area (Å²) in [4.78, 5) is 4.58. The molecule has 1 aromatic heterocycles. The van der Waals surface area contributed by atoms with Gasteiger partial charge in [0.15, 0.2) is 5.16 Å². The Morgan fingerprint density at radius 3 is 2.50 bits per heavy atom. The van der Waals surface area contributed by atoms with Crippen LogP contribution in [0.15, 0.2) is 66.0 Å². The standard InChI is InChI=1S/C17H14N4S/c18-10-13-6-8-14(9-7-13)12-22-17-20-16(11-21(17)19)15-4-2-1-3-5-15/h1-9,11H,12,19H2. The van der Waals surface area contributed by atoms with Crippen LogP contribution < -0.4 is 5.84 Å². The number of thioether (sulfide) groups is 1. The molecular formula is C17H14N4S. The zero-order valence-electron chi connectivity index (χ0n) is 11.8. The number of nitriles is 1. The lowest BCUT2D eigenvalue weighted by Crippen LogP contribution is -2.07. The van der Waals surface area contributed by atoms with E-state index in [2.05, 4.69) is 11.1 Å². The molecule has 0 saturated heterocycles. The van der Waals surface area contributed by atoms with Crippen molar-refractivity contribution in [2.24, 2.45) is 0 Å². The molecule has 3 rings (SSSR count). The van der Waals surface area contributed by atoms with Crippen LogP contribution >= 0.6 is 11.8 Å². The minimum absolute atomic E-state index is 0.667. The molecule has 0 spiro atoms. The van der Waals surface area contributed by atoms with Crippen LogP contribution in [-0.2, 0) is 5.75 Å². The minimum Gasteiger partial charge on any atom is -0.337 e. The van der Waals surface area contributed by atoms with E-state index >= 15 is 0 Å². The second-order valence-electron chi connectivity index (χ2n) is 4.78. The molecule has 0 radical (unpaired) electrons. The molecule has 0 aliphatic heterocycles. The number of nitrogens with two attached hydrogens (primary N) is 1. The molecule has 0 atom stereocenters. The van der Waals surface area contributed by atoms with Gasteiger partial charge in [-0.15, -0.1) is 0 Å². The van der Waals surface area contributed by atoms with E-state index in [0.717, 1.165) is 27.7 Å². The van der Waals surface area contributed by atoms with Crippen molar-refractivity contribution in [3.8, 4) is 17.3 Å². The highest BCUT2D eigenvalue weighted by atomic mass is 32.2. The summed E-state index contributed by atoms with van der Waals surface area (Å²) in [5, 5.41) is 9.57. The number of nitrogen functional groups attached to an aromatic ring is 1. The van der Waals surface area contributed by atoms with Crippen molar-refractivity contribution in [2.45, 2.75) is 10.9 Å². The van der Waals surface area contributed by atoms with Gasteiger partial charge in [0, 0.05) is 11.3 Å². The molecule has 0 aliphatic carbocycles. The first-order valence-corrected chi connectivity index (χ1v) is 7.76. The van der Waals surface area contributed by atoms with E-state index in [9.17, 15) is 0 Å². The predicted molar refractivity (Wildman–Crippen MR) is 88.5 cm³/mol. The molecular weight excluding hydrogens is 292 g/mol. The number of imidazole rings is 1.